The van der Waals surface area contributed by atoms with Crippen LogP contribution >= 0.6 is 11.8 Å². The maximum Gasteiger partial charge on any atom is 0.307 e. The van der Waals surface area contributed by atoms with Crippen LogP contribution < -0.4 is 5.43 Å². The van der Waals surface area contributed by atoms with E-state index in [1.807, 2.05) is 71.3 Å². The summed E-state index contributed by atoms with van der Waals surface area (Å²) in [5, 5.41) is 14.0. The molecule has 2 aromatic carbocycles. The molecule has 0 aliphatic rings. The molecule has 1 amide bonds. The predicted molar refractivity (Wildman–Crippen MR) is 123 cm³/mol. The van der Waals surface area contributed by atoms with Crippen LogP contribution in [0.4, 0.5) is 0 Å². The van der Waals surface area contributed by atoms with E-state index >= 15 is 0 Å². The van der Waals surface area contributed by atoms with Gasteiger partial charge in [0.1, 0.15) is 5.76 Å². The molecule has 0 bridgehead atoms. The highest BCUT2D eigenvalue weighted by molar-refractivity contribution is 7.99. The van der Waals surface area contributed by atoms with E-state index in [0.29, 0.717) is 16.0 Å². The lowest BCUT2D eigenvalue weighted by molar-refractivity contribution is 0.0927. The molecule has 8 nitrogen and oxygen atoms in total. The molecule has 0 aliphatic carbocycles. The smallest absolute Gasteiger partial charge is 0.307 e. The number of carbonyl (C=O) groups excluding carboxylic acids is 1. The van der Waals surface area contributed by atoms with Gasteiger partial charge in [-0.05, 0) is 48.2 Å². The molecular formula is C24H17N5O3S. The Hall–Kier alpha value is -4.37. The fraction of sp³-hybridized carbons (Fsp3) is 0. The Morgan fingerprint density at radius 2 is 1.73 bits per heavy atom. The fourth-order valence-corrected chi connectivity index (χ4v) is 3.90. The SMILES string of the molecule is O=C(NN=Cc1ccc(Sc2nnc(-c3ccccc3)n2-c2ccccc2)o1)c1ccco1. The van der Waals surface area contributed by atoms with Gasteiger partial charge in [0.25, 0.3) is 0 Å². The lowest BCUT2D eigenvalue weighted by Crippen LogP contribution is -2.16. The summed E-state index contributed by atoms with van der Waals surface area (Å²) in [6.07, 6.45) is 2.84. The van der Waals surface area contributed by atoms with Gasteiger partial charge in [-0.25, -0.2) is 5.43 Å². The first-order valence-corrected chi connectivity index (χ1v) is 10.8. The molecule has 5 aromatic rings. The zero-order valence-corrected chi connectivity index (χ0v) is 18.0. The fourth-order valence-electron chi connectivity index (χ4n) is 3.09. The van der Waals surface area contributed by atoms with Crippen LogP contribution in [0.2, 0.25) is 0 Å². The molecule has 0 aliphatic heterocycles. The van der Waals surface area contributed by atoms with Gasteiger partial charge in [-0.15, -0.1) is 10.2 Å². The number of hydrogen-bond donors (Lipinski definition) is 1. The maximum atomic E-state index is 11.9. The van der Waals surface area contributed by atoms with Crippen LogP contribution in [0.15, 0.2) is 115 Å². The van der Waals surface area contributed by atoms with Crippen molar-refractivity contribution >= 4 is 23.9 Å². The van der Waals surface area contributed by atoms with Crippen molar-refractivity contribution in [2.75, 3.05) is 0 Å². The van der Waals surface area contributed by atoms with Gasteiger partial charge in [-0.1, -0.05) is 48.5 Å². The Bertz CT molecular complexity index is 1380. The Kier molecular flexibility index (Phi) is 5.85. The van der Waals surface area contributed by atoms with Gasteiger partial charge in [-0.3, -0.25) is 9.36 Å². The molecule has 9 heteroatoms. The predicted octanol–water partition coefficient (Wildman–Crippen LogP) is 5.04. The molecule has 0 spiro atoms. The van der Waals surface area contributed by atoms with Crippen molar-refractivity contribution < 1.29 is 13.6 Å². The van der Waals surface area contributed by atoms with Crippen molar-refractivity contribution in [3.8, 4) is 17.1 Å². The zero-order valence-electron chi connectivity index (χ0n) is 17.2. The average Bonchev–Trinajstić information content (AvgIpc) is 3.62. The van der Waals surface area contributed by atoms with Crippen LogP contribution in [-0.2, 0) is 0 Å². The van der Waals surface area contributed by atoms with Gasteiger partial charge in [-0.2, -0.15) is 5.10 Å². The average molecular weight is 455 g/mol. The zero-order chi connectivity index (χ0) is 22.5. The van der Waals surface area contributed by atoms with E-state index in [2.05, 4.69) is 20.7 Å². The number of aromatic nitrogens is 3. The van der Waals surface area contributed by atoms with Crippen LogP contribution in [0.3, 0.4) is 0 Å². The van der Waals surface area contributed by atoms with Gasteiger partial charge < -0.3 is 8.83 Å². The summed E-state index contributed by atoms with van der Waals surface area (Å²) < 4.78 is 12.8. The third-order valence-electron chi connectivity index (χ3n) is 4.58. The molecule has 0 saturated heterocycles. The minimum atomic E-state index is -0.443. The van der Waals surface area contributed by atoms with Gasteiger partial charge in [0.05, 0.1) is 12.5 Å². The number of hydrogen-bond acceptors (Lipinski definition) is 7. The lowest BCUT2D eigenvalue weighted by atomic mass is 10.2. The first-order chi connectivity index (χ1) is 16.3. The topological polar surface area (TPSA) is 98.5 Å². The highest BCUT2D eigenvalue weighted by Gasteiger charge is 2.18. The van der Waals surface area contributed by atoms with E-state index in [4.69, 9.17) is 8.83 Å². The molecular weight excluding hydrogens is 438 g/mol. The Balaban J connectivity index is 1.37. The van der Waals surface area contributed by atoms with Crippen molar-refractivity contribution in [3.05, 3.63) is 103 Å². The largest absolute Gasteiger partial charge is 0.459 e. The monoisotopic (exact) mass is 455 g/mol. The van der Waals surface area contributed by atoms with Crippen LogP contribution in [0.1, 0.15) is 16.3 Å². The Morgan fingerprint density at radius 3 is 2.48 bits per heavy atom. The molecule has 0 atom stereocenters. The molecule has 0 saturated carbocycles. The first kappa shape index (κ1) is 20.5. The molecule has 3 aromatic heterocycles. The molecule has 0 fully saturated rings. The number of nitrogens with zero attached hydrogens (tertiary/aromatic N) is 4. The lowest BCUT2D eigenvalue weighted by Gasteiger charge is -2.09. The molecule has 1 N–H and O–H groups in total. The number of benzene rings is 2. The number of para-hydroxylation sites is 1. The van der Waals surface area contributed by atoms with Crippen molar-refractivity contribution in [1.82, 2.24) is 20.2 Å². The molecule has 162 valence electrons. The van der Waals surface area contributed by atoms with Gasteiger partial charge in [0, 0.05) is 11.3 Å². The van der Waals surface area contributed by atoms with E-state index in [9.17, 15) is 4.79 Å². The number of amides is 1. The second-order valence-electron chi connectivity index (χ2n) is 6.78. The summed E-state index contributed by atoms with van der Waals surface area (Å²) in [6.45, 7) is 0. The number of carbonyl (C=O) groups is 1. The molecule has 0 unspecified atom stereocenters. The van der Waals surface area contributed by atoms with Crippen LogP contribution in [0, 0.1) is 0 Å². The summed E-state index contributed by atoms with van der Waals surface area (Å²) in [5.41, 5.74) is 4.29. The van der Waals surface area contributed by atoms with E-state index in [-0.39, 0.29) is 5.76 Å². The molecule has 3 heterocycles. The minimum Gasteiger partial charge on any atom is -0.459 e. The number of nitrogens with one attached hydrogen (secondary N) is 1. The molecule has 5 rings (SSSR count). The van der Waals surface area contributed by atoms with Crippen LogP contribution in [-0.4, -0.2) is 26.9 Å². The van der Waals surface area contributed by atoms with Gasteiger partial charge in [0.15, 0.2) is 16.7 Å². The van der Waals surface area contributed by atoms with Crippen LogP contribution in [0.5, 0.6) is 0 Å². The standard InChI is InChI=1S/C24H17N5O3S/c30-23(20-12-7-15-31-20)27-25-16-19-13-14-21(32-19)33-24-28-26-22(17-8-3-1-4-9-17)29(24)18-10-5-2-6-11-18/h1-16H,(H,27,30). The number of rotatable bonds is 7. The molecule has 33 heavy (non-hydrogen) atoms. The van der Waals surface area contributed by atoms with Gasteiger partial charge >= 0.3 is 5.91 Å². The van der Waals surface area contributed by atoms with E-state index < -0.39 is 5.91 Å². The summed E-state index contributed by atoms with van der Waals surface area (Å²) in [6, 6.07) is 26.6. The second kappa shape index (κ2) is 9.41. The first-order valence-electron chi connectivity index (χ1n) is 9.99. The van der Waals surface area contributed by atoms with E-state index in [1.54, 1.807) is 18.2 Å². The summed E-state index contributed by atoms with van der Waals surface area (Å²) in [5.74, 6) is 0.948. The highest BCUT2D eigenvalue weighted by atomic mass is 32.2. The number of furan rings is 2. The van der Waals surface area contributed by atoms with E-state index in [1.165, 1.54) is 24.2 Å². The maximum absolute atomic E-state index is 11.9. The van der Waals surface area contributed by atoms with Crippen molar-refractivity contribution in [3.63, 3.8) is 0 Å². The van der Waals surface area contributed by atoms with Crippen LogP contribution in [0.25, 0.3) is 17.1 Å². The normalized spacial score (nSPS) is 11.2. The van der Waals surface area contributed by atoms with Crippen molar-refractivity contribution in [2.45, 2.75) is 10.2 Å². The van der Waals surface area contributed by atoms with Crippen molar-refractivity contribution in [1.29, 1.82) is 0 Å². The van der Waals surface area contributed by atoms with E-state index in [0.717, 1.165) is 17.1 Å². The quantitative estimate of drug-likeness (QED) is 0.273. The second-order valence-corrected chi connectivity index (χ2v) is 7.75. The molecule has 0 radical (unpaired) electrons. The summed E-state index contributed by atoms with van der Waals surface area (Å²) in [7, 11) is 0. The Labute approximate surface area is 193 Å². The summed E-state index contributed by atoms with van der Waals surface area (Å²) in [4.78, 5) is 11.9. The number of hydrazone groups is 1. The third kappa shape index (κ3) is 4.63. The van der Waals surface area contributed by atoms with Gasteiger partial charge in [0.2, 0.25) is 5.16 Å². The Morgan fingerprint density at radius 1 is 0.939 bits per heavy atom. The highest BCUT2D eigenvalue weighted by Crippen LogP contribution is 2.32. The summed E-state index contributed by atoms with van der Waals surface area (Å²) >= 11 is 1.34. The van der Waals surface area contributed by atoms with Crippen molar-refractivity contribution in [2.24, 2.45) is 5.10 Å². The third-order valence-corrected chi connectivity index (χ3v) is 5.44. The minimum absolute atomic E-state index is 0.178.